The lowest BCUT2D eigenvalue weighted by Crippen LogP contribution is -2.70. The summed E-state index contributed by atoms with van der Waals surface area (Å²) >= 11 is 0. The Balaban J connectivity index is 0.000000541. The highest BCUT2D eigenvalue weighted by atomic mass is 16.8. The number of nitrogens with one attached hydrogen (secondary N) is 1. The van der Waals surface area contributed by atoms with Crippen LogP contribution in [0.5, 0.6) is 0 Å². The van der Waals surface area contributed by atoms with Crippen molar-refractivity contribution in [2.24, 2.45) is 5.92 Å². The van der Waals surface area contributed by atoms with Crippen molar-refractivity contribution in [2.75, 3.05) is 33.9 Å². The van der Waals surface area contributed by atoms with Gasteiger partial charge in [-0.05, 0) is 13.8 Å². The Morgan fingerprint density at radius 1 is 1.23 bits per heavy atom. The summed E-state index contributed by atoms with van der Waals surface area (Å²) in [5.74, 6) is -2.80. The molecule has 2 rings (SSSR count). The summed E-state index contributed by atoms with van der Waals surface area (Å²) in [6.45, 7) is 6.13. The molecule has 5 atom stereocenters. The Hall–Kier alpha value is -0.770. The highest BCUT2D eigenvalue weighted by molar-refractivity contribution is 5.62. The van der Waals surface area contributed by atoms with E-state index in [0.717, 1.165) is 6.92 Å². The molecule has 0 aliphatic carbocycles. The van der Waals surface area contributed by atoms with Crippen LogP contribution in [-0.4, -0.2) is 73.9 Å². The van der Waals surface area contributed by atoms with Gasteiger partial charge in [-0.25, -0.2) is 0 Å². The highest BCUT2D eigenvalue weighted by Gasteiger charge is 2.58. The Bertz CT molecular complexity index is 376. The van der Waals surface area contributed by atoms with E-state index in [4.69, 9.17) is 28.8 Å². The first kappa shape index (κ1) is 19.3. The zero-order chi connectivity index (χ0) is 17.0. The van der Waals surface area contributed by atoms with Gasteiger partial charge in [-0.1, -0.05) is 0 Å². The van der Waals surface area contributed by atoms with Crippen LogP contribution >= 0.6 is 0 Å². The molecule has 0 saturated carbocycles. The van der Waals surface area contributed by atoms with Gasteiger partial charge in [0, 0.05) is 46.8 Å². The van der Waals surface area contributed by atoms with Crippen LogP contribution in [0.2, 0.25) is 0 Å². The second kappa shape index (κ2) is 7.67. The fourth-order valence-corrected chi connectivity index (χ4v) is 2.63. The number of ether oxygens (including phenoxy) is 4. The molecule has 0 unspecified atom stereocenters. The van der Waals surface area contributed by atoms with E-state index in [1.54, 1.807) is 28.1 Å². The van der Waals surface area contributed by atoms with Crippen LogP contribution in [0.15, 0.2) is 0 Å². The van der Waals surface area contributed by atoms with E-state index in [9.17, 15) is 5.11 Å². The molecule has 0 amide bonds. The molecule has 0 aromatic heterocycles. The molecule has 0 radical (unpaired) electrons. The van der Waals surface area contributed by atoms with Crippen molar-refractivity contribution in [3.05, 3.63) is 0 Å². The number of hydrogen-bond acceptors (Lipinski definition) is 7. The van der Waals surface area contributed by atoms with Crippen molar-refractivity contribution in [1.82, 2.24) is 5.32 Å². The maximum Gasteiger partial charge on any atom is 0.300 e. The summed E-state index contributed by atoms with van der Waals surface area (Å²) < 4.78 is 23.0. The van der Waals surface area contributed by atoms with E-state index in [2.05, 4.69) is 5.32 Å². The molecule has 0 aromatic rings. The third kappa shape index (κ3) is 3.95. The van der Waals surface area contributed by atoms with Crippen LogP contribution < -0.4 is 5.32 Å². The second-order valence-corrected chi connectivity index (χ2v) is 5.66. The number of fused-ring (bicyclic) bond motifs is 1. The van der Waals surface area contributed by atoms with Crippen molar-refractivity contribution >= 4 is 5.97 Å². The molecule has 0 bridgehead atoms. The molecule has 2 aliphatic heterocycles. The molecule has 2 saturated heterocycles. The lowest BCUT2D eigenvalue weighted by Gasteiger charge is -2.54. The van der Waals surface area contributed by atoms with E-state index >= 15 is 0 Å². The highest BCUT2D eigenvalue weighted by Crippen LogP contribution is 2.41. The second-order valence-electron chi connectivity index (χ2n) is 5.66. The van der Waals surface area contributed by atoms with E-state index < -0.39 is 17.5 Å². The van der Waals surface area contributed by atoms with Gasteiger partial charge in [0.2, 0.25) is 11.6 Å². The summed E-state index contributed by atoms with van der Waals surface area (Å²) in [6, 6.07) is 0. The first-order valence-electron chi connectivity index (χ1n) is 7.20. The minimum atomic E-state index is -0.992. The fraction of sp³-hybridized carbons (Fsp3) is 0.929. The van der Waals surface area contributed by atoms with Gasteiger partial charge in [-0.2, -0.15) is 0 Å². The van der Waals surface area contributed by atoms with Crippen LogP contribution in [0, 0.1) is 5.92 Å². The van der Waals surface area contributed by atoms with Crippen molar-refractivity contribution in [1.29, 1.82) is 0 Å². The van der Waals surface area contributed by atoms with Gasteiger partial charge in [0.15, 0.2) is 0 Å². The SMILES string of the molecule is CC(=O)O.CO[C@@]1(C)O[C@@H]2[C@@H](CO)CNC[C@H]2O[C@]1(C)OC. The standard InChI is InChI=1S/C12H23NO5.C2H4O2/c1-11(15-3)12(2,16-4)18-10-8(7-14)5-13-6-9(10)17-11;1-2(3)4/h8-10,13-14H,5-7H2,1-4H3;1H3,(H,3,4)/t8-,9-,10-,11+,12+;/m1./s1. The number of rotatable bonds is 3. The van der Waals surface area contributed by atoms with Gasteiger partial charge < -0.3 is 34.5 Å². The number of carboxylic acids is 1. The third-order valence-corrected chi connectivity index (χ3v) is 4.16. The number of methoxy groups -OCH3 is 2. The van der Waals surface area contributed by atoms with Gasteiger partial charge in [0.1, 0.15) is 6.10 Å². The molecule has 130 valence electrons. The molecule has 22 heavy (non-hydrogen) atoms. The summed E-state index contributed by atoms with van der Waals surface area (Å²) in [7, 11) is 3.14. The maximum atomic E-state index is 9.41. The Labute approximate surface area is 130 Å². The summed E-state index contributed by atoms with van der Waals surface area (Å²) in [5.41, 5.74) is 0. The number of aliphatic hydroxyl groups excluding tert-OH is 1. The largest absolute Gasteiger partial charge is 0.481 e. The molecule has 3 N–H and O–H groups in total. The molecule has 2 aliphatic rings. The van der Waals surface area contributed by atoms with Crippen LogP contribution in [0.1, 0.15) is 20.8 Å². The lowest BCUT2D eigenvalue weighted by molar-refractivity contribution is -0.454. The predicted octanol–water partition coefficient (Wildman–Crippen LogP) is -0.202. The normalized spacial score (nSPS) is 41.1. The lowest BCUT2D eigenvalue weighted by atomic mass is 9.91. The first-order chi connectivity index (χ1) is 10.2. The van der Waals surface area contributed by atoms with Crippen LogP contribution in [0.25, 0.3) is 0 Å². The first-order valence-corrected chi connectivity index (χ1v) is 7.20. The van der Waals surface area contributed by atoms with E-state index in [0.29, 0.717) is 13.1 Å². The van der Waals surface area contributed by atoms with E-state index in [-0.39, 0.29) is 24.7 Å². The number of piperidine rings is 1. The van der Waals surface area contributed by atoms with E-state index in [1.165, 1.54) is 0 Å². The van der Waals surface area contributed by atoms with Gasteiger partial charge in [0.25, 0.3) is 5.97 Å². The summed E-state index contributed by atoms with van der Waals surface area (Å²) in [6.07, 6.45) is -0.339. The molecule has 2 fully saturated rings. The van der Waals surface area contributed by atoms with Gasteiger partial charge in [0.05, 0.1) is 6.10 Å². The Kier molecular flexibility index (Phi) is 6.72. The quantitative estimate of drug-likeness (QED) is 0.656. The number of aliphatic hydroxyl groups is 1. The minimum Gasteiger partial charge on any atom is -0.481 e. The van der Waals surface area contributed by atoms with Crippen LogP contribution in [-0.2, 0) is 23.7 Å². The average Bonchev–Trinajstić information content (AvgIpc) is 2.47. The summed E-state index contributed by atoms with van der Waals surface area (Å²) in [5, 5.41) is 20.1. The predicted molar refractivity (Wildman–Crippen MR) is 77.3 cm³/mol. The average molecular weight is 321 g/mol. The molecular weight excluding hydrogens is 294 g/mol. The minimum absolute atomic E-state index is 0.000342. The molecule has 0 spiro atoms. The fourth-order valence-electron chi connectivity index (χ4n) is 2.63. The summed E-state index contributed by atoms with van der Waals surface area (Å²) in [4.78, 5) is 9.00. The smallest absolute Gasteiger partial charge is 0.300 e. The van der Waals surface area contributed by atoms with Gasteiger partial charge >= 0.3 is 0 Å². The molecule has 8 heteroatoms. The molecular formula is C14H27NO7. The molecule has 8 nitrogen and oxygen atoms in total. The van der Waals surface area contributed by atoms with E-state index in [1.807, 2.05) is 0 Å². The van der Waals surface area contributed by atoms with Crippen LogP contribution in [0.4, 0.5) is 0 Å². The Morgan fingerprint density at radius 2 is 1.73 bits per heavy atom. The third-order valence-electron chi connectivity index (χ3n) is 4.16. The van der Waals surface area contributed by atoms with Crippen molar-refractivity contribution in [3.63, 3.8) is 0 Å². The van der Waals surface area contributed by atoms with Gasteiger partial charge in [-0.3, -0.25) is 4.79 Å². The monoisotopic (exact) mass is 321 g/mol. The molecule has 0 aromatic carbocycles. The van der Waals surface area contributed by atoms with Crippen molar-refractivity contribution in [3.8, 4) is 0 Å². The zero-order valence-corrected chi connectivity index (χ0v) is 13.8. The van der Waals surface area contributed by atoms with Crippen LogP contribution in [0.3, 0.4) is 0 Å². The molecule has 2 heterocycles. The maximum absolute atomic E-state index is 9.41. The number of hydrogen-bond donors (Lipinski definition) is 3. The number of carbonyl (C=O) groups is 1. The number of carboxylic acid groups (broad SMARTS) is 1. The van der Waals surface area contributed by atoms with Crippen molar-refractivity contribution < 1.29 is 34.0 Å². The number of aliphatic carboxylic acids is 1. The zero-order valence-electron chi connectivity index (χ0n) is 13.8. The Morgan fingerprint density at radius 3 is 2.18 bits per heavy atom. The van der Waals surface area contributed by atoms with Gasteiger partial charge in [-0.15, -0.1) is 0 Å². The topological polar surface area (TPSA) is 106 Å². The van der Waals surface area contributed by atoms with Crippen molar-refractivity contribution in [2.45, 2.75) is 44.6 Å².